The third-order valence-electron chi connectivity index (χ3n) is 3.56. The highest BCUT2D eigenvalue weighted by Gasteiger charge is 2.11. The molecule has 2 aromatic rings. The lowest BCUT2D eigenvalue weighted by Crippen LogP contribution is -2.26. The molecule has 1 atom stereocenters. The Labute approximate surface area is 127 Å². The number of nitrogens with zero attached hydrogens (tertiary/aromatic N) is 3. The summed E-state index contributed by atoms with van der Waals surface area (Å²) in [6, 6.07) is 8.75. The highest BCUT2D eigenvalue weighted by Crippen LogP contribution is 2.10. The molecule has 0 aliphatic rings. The highest BCUT2D eigenvalue weighted by atomic mass is 15.3. The van der Waals surface area contributed by atoms with Crippen LogP contribution in [0.1, 0.15) is 37.2 Å². The largest absolute Gasteiger partial charge is 0.327 e. The Morgan fingerprint density at radius 3 is 2.81 bits per heavy atom. The Kier molecular flexibility index (Phi) is 5.51. The second-order valence-electron chi connectivity index (χ2n) is 6.24. The van der Waals surface area contributed by atoms with Gasteiger partial charge in [-0.2, -0.15) is 5.10 Å². The fraction of sp³-hybridized carbons (Fsp3) is 0.529. The van der Waals surface area contributed by atoms with Gasteiger partial charge in [-0.15, -0.1) is 0 Å². The summed E-state index contributed by atoms with van der Waals surface area (Å²) in [6.07, 6.45) is 4.41. The number of aryl methyl sites for hydroxylation is 2. The smallest absolute Gasteiger partial charge is 0.138 e. The van der Waals surface area contributed by atoms with Crippen LogP contribution in [-0.2, 0) is 19.4 Å². The van der Waals surface area contributed by atoms with Crippen molar-refractivity contribution < 1.29 is 0 Å². The molecule has 1 aromatic carbocycles. The second-order valence-corrected chi connectivity index (χ2v) is 6.24. The average molecular weight is 286 g/mol. The number of benzene rings is 1. The molecule has 1 unspecified atom stereocenters. The summed E-state index contributed by atoms with van der Waals surface area (Å²) < 4.78 is 1.98. The van der Waals surface area contributed by atoms with Crippen molar-refractivity contribution in [3.8, 4) is 0 Å². The van der Waals surface area contributed by atoms with Crippen molar-refractivity contribution in [2.24, 2.45) is 11.7 Å². The van der Waals surface area contributed by atoms with Crippen LogP contribution in [0, 0.1) is 12.8 Å². The molecule has 114 valence electrons. The molecule has 0 radical (unpaired) electrons. The van der Waals surface area contributed by atoms with Crippen molar-refractivity contribution in [1.82, 2.24) is 14.8 Å². The maximum atomic E-state index is 6.27. The standard InChI is InChI=1S/C17H26N4/c1-13(2)11-21-17(19-12-20-21)10-16(18)8-7-15-6-4-5-14(3)9-15/h4-6,9,12-13,16H,7-8,10-11,18H2,1-3H3. The van der Waals surface area contributed by atoms with E-state index in [0.29, 0.717) is 5.92 Å². The molecule has 0 fully saturated rings. The summed E-state index contributed by atoms with van der Waals surface area (Å²) in [4.78, 5) is 4.35. The summed E-state index contributed by atoms with van der Waals surface area (Å²) in [7, 11) is 0. The molecule has 0 aliphatic heterocycles. The topological polar surface area (TPSA) is 56.7 Å². The lowest BCUT2D eigenvalue weighted by molar-refractivity contribution is 0.455. The van der Waals surface area contributed by atoms with Gasteiger partial charge < -0.3 is 5.73 Å². The predicted molar refractivity (Wildman–Crippen MR) is 86.0 cm³/mol. The van der Waals surface area contributed by atoms with Crippen molar-refractivity contribution in [2.45, 2.75) is 52.6 Å². The summed E-state index contributed by atoms with van der Waals surface area (Å²) in [5.41, 5.74) is 8.93. The first-order valence-electron chi connectivity index (χ1n) is 7.72. The molecule has 4 nitrogen and oxygen atoms in total. The van der Waals surface area contributed by atoms with Crippen molar-refractivity contribution in [1.29, 1.82) is 0 Å². The first kappa shape index (κ1) is 15.7. The maximum Gasteiger partial charge on any atom is 0.138 e. The molecule has 1 aromatic heterocycles. The molecule has 4 heteroatoms. The lowest BCUT2D eigenvalue weighted by Gasteiger charge is -2.13. The zero-order chi connectivity index (χ0) is 15.2. The molecule has 0 saturated heterocycles. The van der Waals surface area contributed by atoms with E-state index in [4.69, 9.17) is 5.73 Å². The number of hydrogen-bond acceptors (Lipinski definition) is 3. The van der Waals surface area contributed by atoms with E-state index in [-0.39, 0.29) is 6.04 Å². The number of rotatable bonds is 7. The second kappa shape index (κ2) is 7.36. The van der Waals surface area contributed by atoms with Gasteiger partial charge in [0.05, 0.1) is 0 Å². The van der Waals surface area contributed by atoms with Crippen molar-refractivity contribution in [3.63, 3.8) is 0 Å². The van der Waals surface area contributed by atoms with Gasteiger partial charge >= 0.3 is 0 Å². The van der Waals surface area contributed by atoms with Crippen LogP contribution in [0.2, 0.25) is 0 Å². The molecule has 1 heterocycles. The maximum absolute atomic E-state index is 6.27. The number of nitrogens with two attached hydrogens (primary N) is 1. The van der Waals surface area contributed by atoms with Gasteiger partial charge in [0.15, 0.2) is 0 Å². The quantitative estimate of drug-likeness (QED) is 0.851. The molecule has 0 aliphatic carbocycles. The van der Waals surface area contributed by atoms with Crippen LogP contribution in [0.4, 0.5) is 0 Å². The fourth-order valence-corrected chi connectivity index (χ4v) is 2.50. The van der Waals surface area contributed by atoms with E-state index in [1.807, 2.05) is 4.68 Å². The molecule has 2 N–H and O–H groups in total. The van der Waals surface area contributed by atoms with Gasteiger partial charge in [-0.25, -0.2) is 9.67 Å². The van der Waals surface area contributed by atoms with E-state index in [1.165, 1.54) is 11.1 Å². The van der Waals surface area contributed by atoms with Crippen LogP contribution in [0.5, 0.6) is 0 Å². The molecular weight excluding hydrogens is 260 g/mol. The molecule has 0 bridgehead atoms. The third kappa shape index (κ3) is 4.97. The van der Waals surface area contributed by atoms with Gasteiger partial charge in [0.25, 0.3) is 0 Å². The van der Waals surface area contributed by atoms with E-state index >= 15 is 0 Å². The number of aromatic nitrogens is 3. The Morgan fingerprint density at radius 2 is 2.10 bits per heavy atom. The van der Waals surface area contributed by atoms with Gasteiger partial charge in [0.1, 0.15) is 12.2 Å². The summed E-state index contributed by atoms with van der Waals surface area (Å²) in [6.45, 7) is 7.39. The Balaban J connectivity index is 1.87. The van der Waals surface area contributed by atoms with Gasteiger partial charge in [-0.3, -0.25) is 0 Å². The molecule has 0 amide bonds. The SMILES string of the molecule is Cc1cccc(CCC(N)Cc2ncnn2CC(C)C)c1. The molecular formula is C17H26N4. The van der Waals surface area contributed by atoms with E-state index < -0.39 is 0 Å². The Hall–Kier alpha value is -1.68. The Morgan fingerprint density at radius 1 is 1.29 bits per heavy atom. The lowest BCUT2D eigenvalue weighted by atomic mass is 10.0. The minimum Gasteiger partial charge on any atom is -0.327 e. The molecule has 2 rings (SSSR count). The zero-order valence-corrected chi connectivity index (χ0v) is 13.3. The molecule has 0 spiro atoms. The summed E-state index contributed by atoms with van der Waals surface area (Å²) >= 11 is 0. The monoisotopic (exact) mass is 286 g/mol. The normalized spacial score (nSPS) is 12.8. The van der Waals surface area contributed by atoms with Crippen LogP contribution in [0.15, 0.2) is 30.6 Å². The molecule has 0 saturated carbocycles. The third-order valence-corrected chi connectivity index (χ3v) is 3.56. The van der Waals surface area contributed by atoms with Crippen LogP contribution in [0.3, 0.4) is 0 Å². The predicted octanol–water partition coefficient (Wildman–Crippen LogP) is 2.75. The minimum atomic E-state index is 0.126. The van der Waals surface area contributed by atoms with E-state index in [9.17, 15) is 0 Å². The van der Waals surface area contributed by atoms with E-state index in [0.717, 1.165) is 31.6 Å². The fourth-order valence-electron chi connectivity index (χ4n) is 2.50. The van der Waals surface area contributed by atoms with Crippen LogP contribution < -0.4 is 5.73 Å². The summed E-state index contributed by atoms with van der Waals surface area (Å²) in [5.74, 6) is 1.56. The highest BCUT2D eigenvalue weighted by molar-refractivity contribution is 5.22. The zero-order valence-electron chi connectivity index (χ0n) is 13.3. The number of hydrogen-bond donors (Lipinski definition) is 1. The van der Waals surface area contributed by atoms with Crippen molar-refractivity contribution >= 4 is 0 Å². The first-order chi connectivity index (χ1) is 10.0. The van der Waals surface area contributed by atoms with Crippen LogP contribution in [-0.4, -0.2) is 20.8 Å². The van der Waals surface area contributed by atoms with Crippen LogP contribution in [0.25, 0.3) is 0 Å². The van der Waals surface area contributed by atoms with Crippen LogP contribution >= 0.6 is 0 Å². The van der Waals surface area contributed by atoms with Gasteiger partial charge in [-0.05, 0) is 31.2 Å². The minimum absolute atomic E-state index is 0.126. The van der Waals surface area contributed by atoms with E-state index in [1.54, 1.807) is 6.33 Å². The Bertz CT molecular complexity index is 559. The summed E-state index contributed by atoms with van der Waals surface area (Å²) in [5, 5.41) is 4.29. The van der Waals surface area contributed by atoms with Gasteiger partial charge in [-0.1, -0.05) is 43.7 Å². The van der Waals surface area contributed by atoms with Gasteiger partial charge in [0.2, 0.25) is 0 Å². The van der Waals surface area contributed by atoms with Crippen molar-refractivity contribution in [2.75, 3.05) is 0 Å². The first-order valence-corrected chi connectivity index (χ1v) is 7.72. The van der Waals surface area contributed by atoms with E-state index in [2.05, 4.69) is 55.1 Å². The van der Waals surface area contributed by atoms with Gasteiger partial charge in [0, 0.05) is 19.0 Å². The van der Waals surface area contributed by atoms with Crippen molar-refractivity contribution in [3.05, 3.63) is 47.5 Å². The molecule has 21 heavy (non-hydrogen) atoms. The average Bonchev–Trinajstić information content (AvgIpc) is 2.83.